The van der Waals surface area contributed by atoms with Gasteiger partial charge in [0, 0.05) is 12.1 Å². The summed E-state index contributed by atoms with van der Waals surface area (Å²) in [6, 6.07) is 3.77. The maximum absolute atomic E-state index is 11.0. The molecule has 6 nitrogen and oxygen atoms in total. The molecule has 0 aliphatic carbocycles. The minimum Gasteiger partial charge on any atom is -0.468 e. The van der Waals surface area contributed by atoms with Crippen LogP contribution in [-0.2, 0) is 16.1 Å². The van der Waals surface area contributed by atoms with Crippen LogP contribution in [0.2, 0.25) is 0 Å². The smallest absolute Gasteiger partial charge is 0.319 e. The summed E-state index contributed by atoms with van der Waals surface area (Å²) >= 11 is 0. The van der Waals surface area contributed by atoms with Crippen molar-refractivity contribution >= 4 is 5.97 Å². The molecule has 2 rings (SSSR count). The van der Waals surface area contributed by atoms with Crippen molar-refractivity contribution in [2.75, 3.05) is 13.7 Å². The van der Waals surface area contributed by atoms with Crippen LogP contribution in [0.4, 0.5) is 0 Å². The second-order valence-electron chi connectivity index (χ2n) is 3.86. The Kier molecular flexibility index (Phi) is 3.78. The first-order valence-corrected chi connectivity index (χ1v) is 5.57. The molecule has 0 amide bonds. The molecule has 0 saturated heterocycles. The number of furan rings is 1. The number of hydrogen-bond acceptors (Lipinski definition) is 5. The number of aromatic amines is 1. The average molecular weight is 249 g/mol. The Bertz CT molecular complexity index is 530. The number of esters is 1. The molecular weight excluding hydrogens is 234 g/mol. The van der Waals surface area contributed by atoms with Crippen LogP contribution in [0.15, 0.2) is 22.7 Å². The number of nitrogens with one attached hydrogen (secondary N) is 2. The van der Waals surface area contributed by atoms with Crippen molar-refractivity contribution < 1.29 is 13.9 Å². The Balaban J connectivity index is 2.02. The van der Waals surface area contributed by atoms with Gasteiger partial charge in [0.25, 0.3) is 0 Å². The van der Waals surface area contributed by atoms with Crippen LogP contribution in [0.25, 0.3) is 11.5 Å². The number of methoxy groups -OCH3 is 1. The molecule has 2 N–H and O–H groups in total. The van der Waals surface area contributed by atoms with Gasteiger partial charge in [0.1, 0.15) is 11.5 Å². The standard InChI is InChI=1S/C12H15N3O3/c1-8-3-4-10(18-8)12-9(6-14-15-12)5-13-7-11(16)17-2/h3-4,6,13H,5,7H2,1-2H3,(H,14,15). The first-order valence-electron chi connectivity index (χ1n) is 5.57. The van der Waals surface area contributed by atoms with Gasteiger partial charge in [0.2, 0.25) is 0 Å². The van der Waals surface area contributed by atoms with Gasteiger partial charge in [-0.3, -0.25) is 9.89 Å². The van der Waals surface area contributed by atoms with E-state index in [4.69, 9.17) is 4.42 Å². The minimum absolute atomic E-state index is 0.165. The van der Waals surface area contributed by atoms with E-state index in [0.717, 1.165) is 22.8 Å². The highest BCUT2D eigenvalue weighted by Gasteiger charge is 2.11. The van der Waals surface area contributed by atoms with Gasteiger partial charge < -0.3 is 14.5 Å². The van der Waals surface area contributed by atoms with E-state index in [9.17, 15) is 4.79 Å². The van der Waals surface area contributed by atoms with E-state index in [1.165, 1.54) is 7.11 Å². The van der Waals surface area contributed by atoms with Gasteiger partial charge in [-0.2, -0.15) is 5.10 Å². The summed E-state index contributed by atoms with van der Waals surface area (Å²) in [7, 11) is 1.36. The highest BCUT2D eigenvalue weighted by Crippen LogP contribution is 2.22. The molecule has 0 fully saturated rings. The fraction of sp³-hybridized carbons (Fsp3) is 0.333. The molecule has 2 aromatic rings. The zero-order valence-electron chi connectivity index (χ0n) is 10.3. The van der Waals surface area contributed by atoms with E-state index >= 15 is 0 Å². The van der Waals surface area contributed by atoms with Crippen molar-refractivity contribution in [2.24, 2.45) is 0 Å². The van der Waals surface area contributed by atoms with Crippen LogP contribution in [-0.4, -0.2) is 29.8 Å². The fourth-order valence-electron chi connectivity index (χ4n) is 1.60. The van der Waals surface area contributed by atoms with Gasteiger partial charge >= 0.3 is 5.97 Å². The second-order valence-corrected chi connectivity index (χ2v) is 3.86. The van der Waals surface area contributed by atoms with E-state index in [1.54, 1.807) is 6.20 Å². The van der Waals surface area contributed by atoms with E-state index in [1.807, 2.05) is 19.1 Å². The summed E-state index contributed by atoms with van der Waals surface area (Å²) in [6.45, 7) is 2.56. The third kappa shape index (κ3) is 2.78. The molecule has 0 aliphatic heterocycles. The first-order chi connectivity index (χ1) is 8.70. The number of hydrogen-bond donors (Lipinski definition) is 2. The molecular formula is C12H15N3O3. The SMILES string of the molecule is COC(=O)CNCc1cn[nH]c1-c1ccc(C)o1. The number of rotatable bonds is 5. The Morgan fingerprint density at radius 1 is 1.56 bits per heavy atom. The molecule has 0 spiro atoms. The lowest BCUT2D eigenvalue weighted by Crippen LogP contribution is -2.23. The summed E-state index contributed by atoms with van der Waals surface area (Å²) in [5.74, 6) is 1.28. The summed E-state index contributed by atoms with van der Waals surface area (Å²) in [5.41, 5.74) is 1.76. The van der Waals surface area contributed by atoms with E-state index in [-0.39, 0.29) is 12.5 Å². The topological polar surface area (TPSA) is 80.1 Å². The van der Waals surface area contributed by atoms with Crippen molar-refractivity contribution in [1.82, 2.24) is 15.5 Å². The lowest BCUT2D eigenvalue weighted by Gasteiger charge is -2.03. The van der Waals surface area contributed by atoms with Crippen molar-refractivity contribution in [2.45, 2.75) is 13.5 Å². The lowest BCUT2D eigenvalue weighted by molar-refractivity contribution is -0.139. The van der Waals surface area contributed by atoms with Gasteiger partial charge in [-0.15, -0.1) is 0 Å². The molecule has 0 saturated carbocycles. The fourth-order valence-corrected chi connectivity index (χ4v) is 1.60. The summed E-state index contributed by atoms with van der Waals surface area (Å²) in [5, 5.41) is 9.85. The number of ether oxygens (including phenoxy) is 1. The summed E-state index contributed by atoms with van der Waals surface area (Å²) in [6.07, 6.45) is 1.71. The van der Waals surface area contributed by atoms with Crippen LogP contribution >= 0.6 is 0 Å². The Morgan fingerprint density at radius 3 is 3.06 bits per heavy atom. The van der Waals surface area contributed by atoms with Crippen LogP contribution < -0.4 is 5.32 Å². The predicted octanol–water partition coefficient (Wildman–Crippen LogP) is 1.24. The van der Waals surface area contributed by atoms with Crippen molar-refractivity contribution in [3.63, 3.8) is 0 Å². The number of aromatic nitrogens is 2. The molecule has 0 radical (unpaired) electrons. The van der Waals surface area contributed by atoms with E-state index < -0.39 is 0 Å². The summed E-state index contributed by atoms with van der Waals surface area (Å²) < 4.78 is 10.1. The quantitative estimate of drug-likeness (QED) is 0.779. The monoisotopic (exact) mass is 249 g/mol. The zero-order valence-corrected chi connectivity index (χ0v) is 10.3. The number of nitrogens with zero attached hydrogens (tertiary/aromatic N) is 1. The van der Waals surface area contributed by atoms with Gasteiger partial charge in [-0.25, -0.2) is 0 Å². The Labute approximate surface area is 104 Å². The van der Waals surface area contributed by atoms with Gasteiger partial charge in [-0.1, -0.05) is 0 Å². The normalized spacial score (nSPS) is 10.6. The average Bonchev–Trinajstić information content (AvgIpc) is 2.97. The third-order valence-electron chi connectivity index (χ3n) is 2.52. The number of carbonyl (C=O) groups excluding carboxylic acids is 1. The first kappa shape index (κ1) is 12.4. The van der Waals surface area contributed by atoms with Crippen LogP contribution in [0, 0.1) is 6.92 Å². The van der Waals surface area contributed by atoms with Crippen molar-refractivity contribution in [1.29, 1.82) is 0 Å². The molecule has 0 unspecified atom stereocenters. The highest BCUT2D eigenvalue weighted by atomic mass is 16.5. The molecule has 0 aliphatic rings. The number of carbonyl (C=O) groups is 1. The molecule has 18 heavy (non-hydrogen) atoms. The predicted molar refractivity (Wildman–Crippen MR) is 64.7 cm³/mol. The second kappa shape index (κ2) is 5.50. The van der Waals surface area contributed by atoms with Gasteiger partial charge in [-0.05, 0) is 19.1 Å². The largest absolute Gasteiger partial charge is 0.468 e. The Hall–Kier alpha value is -2.08. The van der Waals surface area contributed by atoms with Crippen LogP contribution in [0.1, 0.15) is 11.3 Å². The zero-order chi connectivity index (χ0) is 13.0. The van der Waals surface area contributed by atoms with Crippen LogP contribution in [0.3, 0.4) is 0 Å². The van der Waals surface area contributed by atoms with Crippen LogP contribution in [0.5, 0.6) is 0 Å². The molecule has 6 heteroatoms. The van der Waals surface area contributed by atoms with Gasteiger partial charge in [0.05, 0.1) is 19.9 Å². The molecule has 0 bridgehead atoms. The maximum Gasteiger partial charge on any atom is 0.319 e. The third-order valence-corrected chi connectivity index (χ3v) is 2.52. The molecule has 0 aromatic carbocycles. The molecule has 2 heterocycles. The minimum atomic E-state index is -0.297. The lowest BCUT2D eigenvalue weighted by atomic mass is 10.2. The Morgan fingerprint density at radius 2 is 2.39 bits per heavy atom. The molecule has 96 valence electrons. The maximum atomic E-state index is 11.0. The molecule has 0 atom stereocenters. The summed E-state index contributed by atoms with van der Waals surface area (Å²) in [4.78, 5) is 11.0. The molecule has 2 aromatic heterocycles. The number of aryl methyl sites for hydroxylation is 1. The van der Waals surface area contributed by atoms with Crippen molar-refractivity contribution in [3.05, 3.63) is 29.7 Å². The van der Waals surface area contributed by atoms with Gasteiger partial charge in [0.15, 0.2) is 5.76 Å². The number of H-pyrrole nitrogens is 1. The van der Waals surface area contributed by atoms with E-state index in [2.05, 4.69) is 20.3 Å². The van der Waals surface area contributed by atoms with Crippen molar-refractivity contribution in [3.8, 4) is 11.5 Å². The highest BCUT2D eigenvalue weighted by molar-refractivity contribution is 5.71. The van der Waals surface area contributed by atoms with E-state index in [0.29, 0.717) is 6.54 Å².